The van der Waals surface area contributed by atoms with Gasteiger partial charge in [0.2, 0.25) is 5.91 Å². The van der Waals surface area contributed by atoms with Crippen molar-refractivity contribution in [1.29, 1.82) is 0 Å². The van der Waals surface area contributed by atoms with E-state index in [1.54, 1.807) is 0 Å². The quantitative estimate of drug-likeness (QED) is 0.544. The second-order valence-corrected chi connectivity index (χ2v) is 3.69. The number of primary amides is 1. The maximum absolute atomic E-state index is 10.9. The molecule has 0 spiro atoms. The molecule has 0 aromatic carbocycles. The Morgan fingerprint density at radius 2 is 2.25 bits per heavy atom. The lowest BCUT2D eigenvalue weighted by atomic mass is 10.1. The van der Waals surface area contributed by atoms with E-state index in [2.05, 4.69) is 10.2 Å². The van der Waals surface area contributed by atoms with Crippen LogP contribution in [0.1, 0.15) is 6.42 Å². The zero-order chi connectivity index (χ0) is 8.55. The summed E-state index contributed by atoms with van der Waals surface area (Å²) in [5.41, 5.74) is 5.24. The average molecular weight is 169 g/mol. The van der Waals surface area contributed by atoms with E-state index in [4.69, 9.17) is 5.73 Å². The van der Waals surface area contributed by atoms with Crippen molar-refractivity contribution in [2.24, 2.45) is 11.7 Å². The fourth-order valence-electron chi connectivity index (χ4n) is 1.88. The van der Waals surface area contributed by atoms with Gasteiger partial charge in [-0.3, -0.25) is 9.69 Å². The minimum atomic E-state index is -0.134. The van der Waals surface area contributed by atoms with Gasteiger partial charge in [-0.2, -0.15) is 0 Å². The Labute approximate surface area is 72.1 Å². The zero-order valence-corrected chi connectivity index (χ0v) is 7.12. The van der Waals surface area contributed by atoms with E-state index in [9.17, 15) is 4.79 Å². The molecule has 2 saturated heterocycles. The van der Waals surface area contributed by atoms with E-state index in [1.807, 2.05) is 0 Å². The summed E-state index contributed by atoms with van der Waals surface area (Å²) in [6, 6.07) is 0.661. The molecule has 2 rings (SSSR count). The van der Waals surface area contributed by atoms with Gasteiger partial charge in [0, 0.05) is 25.7 Å². The Morgan fingerprint density at radius 3 is 2.67 bits per heavy atom. The van der Waals surface area contributed by atoms with E-state index in [0.717, 1.165) is 32.6 Å². The third kappa shape index (κ3) is 1.32. The first-order valence-corrected chi connectivity index (χ1v) is 4.51. The summed E-state index contributed by atoms with van der Waals surface area (Å²) in [6.07, 6.45) is 0.950. The van der Waals surface area contributed by atoms with Crippen LogP contribution in [-0.2, 0) is 4.79 Å². The number of nitrogens with one attached hydrogen (secondary N) is 1. The molecule has 2 aliphatic rings. The Kier molecular flexibility index (Phi) is 2.02. The predicted octanol–water partition coefficient (Wildman–Crippen LogP) is -1.23. The fraction of sp³-hybridized carbons (Fsp3) is 0.875. The van der Waals surface area contributed by atoms with Gasteiger partial charge in [0.05, 0.1) is 5.92 Å². The summed E-state index contributed by atoms with van der Waals surface area (Å²) < 4.78 is 0. The van der Waals surface area contributed by atoms with Crippen LogP contribution in [-0.4, -0.2) is 43.0 Å². The number of likely N-dealkylation sites (tertiary alicyclic amines) is 1. The summed E-state index contributed by atoms with van der Waals surface area (Å²) in [7, 11) is 0. The van der Waals surface area contributed by atoms with Gasteiger partial charge in [0.15, 0.2) is 0 Å². The molecular formula is C8H15N3O. The molecule has 0 aromatic rings. The minimum Gasteiger partial charge on any atom is -0.369 e. The van der Waals surface area contributed by atoms with Crippen LogP contribution in [0.3, 0.4) is 0 Å². The molecule has 0 radical (unpaired) electrons. The summed E-state index contributed by atoms with van der Waals surface area (Å²) in [6.45, 7) is 4.07. The van der Waals surface area contributed by atoms with E-state index >= 15 is 0 Å². The van der Waals surface area contributed by atoms with Crippen molar-refractivity contribution in [1.82, 2.24) is 10.2 Å². The highest BCUT2D eigenvalue weighted by molar-refractivity contribution is 5.77. The monoisotopic (exact) mass is 169 g/mol. The SMILES string of the molecule is NC(=O)C1CCN(C2CNC2)C1. The van der Waals surface area contributed by atoms with Crippen LogP contribution in [0.5, 0.6) is 0 Å². The molecule has 0 aromatic heterocycles. The number of carbonyl (C=O) groups excluding carboxylic acids is 1. The van der Waals surface area contributed by atoms with Gasteiger partial charge in [-0.05, 0) is 13.0 Å². The summed E-state index contributed by atoms with van der Waals surface area (Å²) >= 11 is 0. The van der Waals surface area contributed by atoms with Crippen LogP contribution < -0.4 is 11.1 Å². The van der Waals surface area contributed by atoms with Crippen molar-refractivity contribution >= 4 is 5.91 Å². The normalized spacial score (nSPS) is 31.8. The zero-order valence-electron chi connectivity index (χ0n) is 7.12. The van der Waals surface area contributed by atoms with Crippen LogP contribution in [0, 0.1) is 5.92 Å². The van der Waals surface area contributed by atoms with Crippen molar-refractivity contribution in [2.45, 2.75) is 12.5 Å². The average Bonchev–Trinajstić information content (AvgIpc) is 2.32. The highest BCUT2D eigenvalue weighted by Gasteiger charge is 2.33. The van der Waals surface area contributed by atoms with Crippen molar-refractivity contribution in [2.75, 3.05) is 26.2 Å². The number of carbonyl (C=O) groups is 1. The molecule has 1 atom stereocenters. The van der Waals surface area contributed by atoms with E-state index in [0.29, 0.717) is 6.04 Å². The number of nitrogens with zero attached hydrogens (tertiary/aromatic N) is 1. The van der Waals surface area contributed by atoms with Crippen LogP contribution in [0.4, 0.5) is 0 Å². The van der Waals surface area contributed by atoms with E-state index in [1.165, 1.54) is 0 Å². The topological polar surface area (TPSA) is 58.4 Å². The third-order valence-corrected chi connectivity index (χ3v) is 2.90. The number of hydrogen-bond acceptors (Lipinski definition) is 3. The molecule has 0 saturated carbocycles. The maximum Gasteiger partial charge on any atom is 0.221 e. The molecule has 2 aliphatic heterocycles. The van der Waals surface area contributed by atoms with Crippen molar-refractivity contribution in [3.63, 3.8) is 0 Å². The molecular weight excluding hydrogens is 154 g/mol. The lowest BCUT2D eigenvalue weighted by Gasteiger charge is -2.35. The first-order chi connectivity index (χ1) is 5.77. The van der Waals surface area contributed by atoms with Gasteiger partial charge < -0.3 is 11.1 Å². The number of nitrogens with two attached hydrogens (primary N) is 1. The maximum atomic E-state index is 10.9. The lowest BCUT2D eigenvalue weighted by molar-refractivity contribution is -0.121. The van der Waals surface area contributed by atoms with Gasteiger partial charge in [0.25, 0.3) is 0 Å². The molecule has 2 fully saturated rings. The van der Waals surface area contributed by atoms with Gasteiger partial charge in [-0.1, -0.05) is 0 Å². The predicted molar refractivity (Wildman–Crippen MR) is 45.5 cm³/mol. The molecule has 1 unspecified atom stereocenters. The number of amides is 1. The number of rotatable bonds is 2. The summed E-state index contributed by atoms with van der Waals surface area (Å²) in [5, 5.41) is 3.22. The standard InChI is InChI=1S/C8H15N3O/c9-8(12)6-1-2-11(5-6)7-3-10-4-7/h6-7,10H,1-5H2,(H2,9,12). The first kappa shape index (κ1) is 8.01. The molecule has 4 heteroatoms. The lowest BCUT2D eigenvalue weighted by Crippen LogP contribution is -2.56. The number of hydrogen-bond donors (Lipinski definition) is 2. The Hall–Kier alpha value is -0.610. The molecule has 68 valence electrons. The highest BCUT2D eigenvalue weighted by atomic mass is 16.1. The van der Waals surface area contributed by atoms with Crippen LogP contribution >= 0.6 is 0 Å². The van der Waals surface area contributed by atoms with Gasteiger partial charge in [-0.25, -0.2) is 0 Å². The van der Waals surface area contributed by atoms with Gasteiger partial charge >= 0.3 is 0 Å². The van der Waals surface area contributed by atoms with Gasteiger partial charge in [0.1, 0.15) is 0 Å². The van der Waals surface area contributed by atoms with Crippen molar-refractivity contribution in [3.8, 4) is 0 Å². The third-order valence-electron chi connectivity index (χ3n) is 2.90. The molecule has 1 amide bonds. The Morgan fingerprint density at radius 1 is 1.50 bits per heavy atom. The van der Waals surface area contributed by atoms with Crippen LogP contribution in [0.2, 0.25) is 0 Å². The summed E-state index contributed by atoms with van der Waals surface area (Å²) in [4.78, 5) is 13.2. The second-order valence-electron chi connectivity index (χ2n) is 3.69. The minimum absolute atomic E-state index is 0.102. The molecule has 2 heterocycles. The Balaban J connectivity index is 1.84. The highest BCUT2D eigenvalue weighted by Crippen LogP contribution is 2.19. The summed E-state index contributed by atoms with van der Waals surface area (Å²) in [5.74, 6) is -0.0321. The molecule has 12 heavy (non-hydrogen) atoms. The first-order valence-electron chi connectivity index (χ1n) is 4.51. The van der Waals surface area contributed by atoms with Crippen LogP contribution in [0.25, 0.3) is 0 Å². The van der Waals surface area contributed by atoms with Crippen molar-refractivity contribution in [3.05, 3.63) is 0 Å². The molecule has 4 nitrogen and oxygen atoms in total. The van der Waals surface area contributed by atoms with Gasteiger partial charge in [-0.15, -0.1) is 0 Å². The fourth-order valence-corrected chi connectivity index (χ4v) is 1.88. The Bertz CT molecular complexity index is 191. The molecule has 0 bridgehead atoms. The smallest absolute Gasteiger partial charge is 0.221 e. The molecule has 0 aliphatic carbocycles. The largest absolute Gasteiger partial charge is 0.369 e. The van der Waals surface area contributed by atoms with E-state index < -0.39 is 0 Å². The van der Waals surface area contributed by atoms with Crippen LogP contribution in [0.15, 0.2) is 0 Å². The van der Waals surface area contributed by atoms with Crippen molar-refractivity contribution < 1.29 is 4.79 Å². The molecule has 3 N–H and O–H groups in total. The second kappa shape index (κ2) is 3.03. The van der Waals surface area contributed by atoms with E-state index in [-0.39, 0.29) is 11.8 Å².